The number of hydrogen-bond donors (Lipinski definition) is 2. The Morgan fingerprint density at radius 2 is 2.30 bits per heavy atom. The van der Waals surface area contributed by atoms with E-state index in [9.17, 15) is 0 Å². The lowest BCUT2D eigenvalue weighted by Crippen LogP contribution is -2.27. The molecule has 3 N–H and O–H groups in total. The molecule has 0 saturated heterocycles. The highest BCUT2D eigenvalue weighted by Crippen LogP contribution is 2.32. The van der Waals surface area contributed by atoms with Gasteiger partial charge in [-0.1, -0.05) is 11.2 Å². The number of nitrogens with two attached hydrogens (primary N) is 1. The average Bonchev–Trinajstić information content (AvgIpc) is 3.20. The second-order valence-electron chi connectivity index (χ2n) is 4.86. The maximum atomic E-state index is 8.76. The Balaban J connectivity index is 1.87. The standard InChI is InChI=1S/C14H16N4OS/c15-14(17-19)12-2-1-3-13(16-12)18(11-4-5-11)8-10-6-7-20-9-10/h1-3,6-7,9,11,19H,4-5,8H2,(H2,15,17). The molecule has 0 spiro atoms. The van der Waals surface area contributed by atoms with Gasteiger partial charge < -0.3 is 15.8 Å². The van der Waals surface area contributed by atoms with Gasteiger partial charge in [0.25, 0.3) is 0 Å². The number of oxime groups is 1. The van der Waals surface area contributed by atoms with E-state index in [0.717, 1.165) is 12.4 Å². The van der Waals surface area contributed by atoms with Crippen LogP contribution in [0.2, 0.25) is 0 Å². The van der Waals surface area contributed by atoms with Crippen LogP contribution in [-0.4, -0.2) is 22.1 Å². The minimum absolute atomic E-state index is 0.0399. The van der Waals surface area contributed by atoms with Crippen molar-refractivity contribution in [3.05, 3.63) is 46.3 Å². The van der Waals surface area contributed by atoms with E-state index in [0.29, 0.717) is 11.7 Å². The van der Waals surface area contributed by atoms with Gasteiger partial charge in [0.1, 0.15) is 11.5 Å². The summed E-state index contributed by atoms with van der Waals surface area (Å²) in [6.07, 6.45) is 2.39. The van der Waals surface area contributed by atoms with Crippen LogP contribution in [0.25, 0.3) is 0 Å². The third-order valence-electron chi connectivity index (χ3n) is 3.32. The first-order chi connectivity index (χ1) is 9.78. The monoisotopic (exact) mass is 288 g/mol. The maximum Gasteiger partial charge on any atom is 0.188 e. The number of rotatable bonds is 5. The molecule has 6 heteroatoms. The molecule has 0 bridgehead atoms. The Labute approximate surface area is 121 Å². The van der Waals surface area contributed by atoms with Crippen molar-refractivity contribution in [3.8, 4) is 0 Å². The van der Waals surface area contributed by atoms with Crippen molar-refractivity contribution in [2.45, 2.75) is 25.4 Å². The summed E-state index contributed by atoms with van der Waals surface area (Å²) in [5.41, 5.74) is 7.40. The molecule has 0 aromatic carbocycles. The molecule has 5 nitrogen and oxygen atoms in total. The molecule has 0 radical (unpaired) electrons. The van der Waals surface area contributed by atoms with Gasteiger partial charge in [-0.25, -0.2) is 4.98 Å². The van der Waals surface area contributed by atoms with Gasteiger partial charge in [0, 0.05) is 12.6 Å². The van der Waals surface area contributed by atoms with Crippen LogP contribution in [0.4, 0.5) is 5.82 Å². The molecule has 2 aromatic rings. The first-order valence-corrected chi connectivity index (χ1v) is 7.45. The number of pyridine rings is 1. The number of thiophene rings is 1. The Morgan fingerprint density at radius 1 is 1.45 bits per heavy atom. The SMILES string of the molecule is NC(=NO)c1cccc(N(Cc2ccsc2)C2CC2)n1. The number of aromatic nitrogens is 1. The van der Waals surface area contributed by atoms with Gasteiger partial charge in [-0.3, -0.25) is 0 Å². The molecular weight excluding hydrogens is 272 g/mol. The van der Waals surface area contributed by atoms with Crippen molar-refractivity contribution < 1.29 is 5.21 Å². The van der Waals surface area contributed by atoms with E-state index in [1.807, 2.05) is 12.1 Å². The van der Waals surface area contributed by atoms with Gasteiger partial charge in [0.05, 0.1) is 0 Å². The first-order valence-electron chi connectivity index (χ1n) is 6.50. The highest BCUT2D eigenvalue weighted by molar-refractivity contribution is 7.07. The molecule has 2 aromatic heterocycles. The fourth-order valence-corrected chi connectivity index (χ4v) is 2.80. The number of nitrogens with zero attached hydrogens (tertiary/aromatic N) is 3. The largest absolute Gasteiger partial charge is 0.409 e. The molecule has 20 heavy (non-hydrogen) atoms. The van der Waals surface area contributed by atoms with Gasteiger partial charge >= 0.3 is 0 Å². The van der Waals surface area contributed by atoms with Crippen molar-refractivity contribution in [2.24, 2.45) is 10.9 Å². The first kappa shape index (κ1) is 12.9. The minimum atomic E-state index is 0.0399. The van der Waals surface area contributed by atoms with Gasteiger partial charge in [0.2, 0.25) is 0 Å². The van der Waals surface area contributed by atoms with E-state index in [4.69, 9.17) is 10.9 Å². The quantitative estimate of drug-likeness (QED) is 0.383. The molecule has 1 saturated carbocycles. The Bertz CT molecular complexity index is 607. The van der Waals surface area contributed by atoms with Crippen molar-refractivity contribution in [1.29, 1.82) is 0 Å². The highest BCUT2D eigenvalue weighted by atomic mass is 32.1. The molecule has 0 unspecified atom stereocenters. The predicted molar refractivity (Wildman–Crippen MR) is 80.3 cm³/mol. The summed E-state index contributed by atoms with van der Waals surface area (Å²) in [6.45, 7) is 0.848. The second-order valence-corrected chi connectivity index (χ2v) is 5.64. The van der Waals surface area contributed by atoms with Crippen LogP contribution in [0.3, 0.4) is 0 Å². The summed E-state index contributed by atoms with van der Waals surface area (Å²) < 4.78 is 0. The van der Waals surface area contributed by atoms with Gasteiger partial charge in [-0.2, -0.15) is 11.3 Å². The Hall–Kier alpha value is -2.08. The van der Waals surface area contributed by atoms with E-state index < -0.39 is 0 Å². The fourth-order valence-electron chi connectivity index (χ4n) is 2.14. The van der Waals surface area contributed by atoms with E-state index >= 15 is 0 Å². The molecule has 1 aliphatic carbocycles. The lowest BCUT2D eigenvalue weighted by atomic mass is 10.2. The number of amidine groups is 1. The normalized spacial score (nSPS) is 15.3. The Kier molecular flexibility index (Phi) is 3.56. The van der Waals surface area contributed by atoms with E-state index in [1.165, 1.54) is 18.4 Å². The minimum Gasteiger partial charge on any atom is -0.409 e. The Morgan fingerprint density at radius 3 is 2.95 bits per heavy atom. The lowest BCUT2D eigenvalue weighted by molar-refractivity contribution is 0.318. The maximum absolute atomic E-state index is 8.76. The smallest absolute Gasteiger partial charge is 0.188 e. The van der Waals surface area contributed by atoms with E-state index in [2.05, 4.69) is 31.9 Å². The summed E-state index contributed by atoms with van der Waals surface area (Å²) in [5, 5.41) is 16.0. The molecule has 1 aliphatic rings. The average molecular weight is 288 g/mol. The van der Waals surface area contributed by atoms with Crippen LogP contribution in [0.5, 0.6) is 0 Å². The van der Waals surface area contributed by atoms with Gasteiger partial charge in [0.15, 0.2) is 5.84 Å². The second kappa shape index (κ2) is 5.50. The van der Waals surface area contributed by atoms with Crippen molar-refractivity contribution >= 4 is 23.0 Å². The summed E-state index contributed by atoms with van der Waals surface area (Å²) in [6, 6.07) is 8.28. The fraction of sp³-hybridized carbons (Fsp3) is 0.286. The molecule has 0 amide bonds. The van der Waals surface area contributed by atoms with Crippen LogP contribution in [-0.2, 0) is 6.54 Å². The van der Waals surface area contributed by atoms with Crippen molar-refractivity contribution in [2.75, 3.05) is 4.90 Å². The summed E-state index contributed by atoms with van der Waals surface area (Å²) >= 11 is 1.70. The van der Waals surface area contributed by atoms with Crippen LogP contribution < -0.4 is 10.6 Å². The lowest BCUT2D eigenvalue weighted by Gasteiger charge is -2.23. The number of anilines is 1. The molecule has 104 valence electrons. The van der Waals surface area contributed by atoms with Gasteiger partial charge in [-0.05, 0) is 47.4 Å². The molecule has 1 fully saturated rings. The summed E-state index contributed by atoms with van der Waals surface area (Å²) in [5.74, 6) is 0.918. The van der Waals surface area contributed by atoms with Gasteiger partial charge in [-0.15, -0.1) is 0 Å². The van der Waals surface area contributed by atoms with E-state index in [-0.39, 0.29) is 5.84 Å². The van der Waals surface area contributed by atoms with Crippen LogP contribution >= 0.6 is 11.3 Å². The topological polar surface area (TPSA) is 74.7 Å². The molecular formula is C14H16N4OS. The molecule has 2 heterocycles. The van der Waals surface area contributed by atoms with Crippen LogP contribution in [0.15, 0.2) is 40.2 Å². The zero-order valence-corrected chi connectivity index (χ0v) is 11.8. The molecule has 0 atom stereocenters. The summed E-state index contributed by atoms with van der Waals surface area (Å²) in [4.78, 5) is 6.79. The van der Waals surface area contributed by atoms with Crippen LogP contribution in [0, 0.1) is 0 Å². The van der Waals surface area contributed by atoms with E-state index in [1.54, 1.807) is 17.4 Å². The third kappa shape index (κ3) is 2.75. The van der Waals surface area contributed by atoms with Crippen molar-refractivity contribution in [1.82, 2.24) is 4.98 Å². The zero-order valence-electron chi connectivity index (χ0n) is 10.9. The molecule has 3 rings (SSSR count). The third-order valence-corrected chi connectivity index (χ3v) is 4.05. The summed E-state index contributed by atoms with van der Waals surface area (Å²) in [7, 11) is 0. The number of hydrogen-bond acceptors (Lipinski definition) is 5. The van der Waals surface area contributed by atoms with Crippen molar-refractivity contribution in [3.63, 3.8) is 0 Å². The predicted octanol–water partition coefficient (Wildman–Crippen LogP) is 2.41. The zero-order chi connectivity index (χ0) is 13.9. The van der Waals surface area contributed by atoms with Crippen LogP contribution in [0.1, 0.15) is 24.1 Å². The highest BCUT2D eigenvalue weighted by Gasteiger charge is 2.30. The molecule has 0 aliphatic heterocycles.